The van der Waals surface area contributed by atoms with Gasteiger partial charge in [0.1, 0.15) is 6.04 Å². The molecule has 2 amide bonds. The second-order valence-electron chi connectivity index (χ2n) is 6.00. The van der Waals surface area contributed by atoms with Crippen molar-refractivity contribution < 1.29 is 9.59 Å². The molecule has 0 radical (unpaired) electrons. The molecule has 5 nitrogen and oxygen atoms in total. The minimum absolute atomic E-state index is 0.348. The van der Waals surface area contributed by atoms with Crippen LogP contribution in [0, 0.1) is 6.92 Å². The Morgan fingerprint density at radius 2 is 1.88 bits per heavy atom. The lowest BCUT2D eigenvalue weighted by Crippen LogP contribution is -2.45. The standard InChI is InChI=1S/C20H19N3O2/c1-13-5-2-6-14(11-13)12-17(19(21)24)23-20(25)16-9-3-7-15-8-4-10-22-18(15)16/h2-11,17H,12H2,1H3,(H2,21,24)(H,23,25)/t17-/m1/s1. The van der Waals surface area contributed by atoms with Crippen molar-refractivity contribution >= 4 is 22.7 Å². The minimum atomic E-state index is -0.784. The Labute approximate surface area is 145 Å². The molecule has 0 unspecified atom stereocenters. The molecule has 0 aliphatic rings. The molecule has 0 fully saturated rings. The van der Waals surface area contributed by atoms with Crippen LogP contribution < -0.4 is 11.1 Å². The molecule has 2 aromatic carbocycles. The number of pyridine rings is 1. The number of carbonyl (C=O) groups excluding carboxylic acids is 2. The van der Waals surface area contributed by atoms with Crippen LogP contribution in [-0.4, -0.2) is 22.8 Å². The van der Waals surface area contributed by atoms with Crippen LogP contribution in [0.5, 0.6) is 0 Å². The molecular weight excluding hydrogens is 314 g/mol. The maximum atomic E-state index is 12.7. The Kier molecular flexibility index (Phi) is 4.75. The highest BCUT2D eigenvalue weighted by molar-refractivity contribution is 6.06. The third-order valence-corrected chi connectivity index (χ3v) is 4.05. The third kappa shape index (κ3) is 3.83. The van der Waals surface area contributed by atoms with Crippen LogP contribution in [0.3, 0.4) is 0 Å². The number of fused-ring (bicyclic) bond motifs is 1. The molecule has 0 aliphatic heterocycles. The van der Waals surface area contributed by atoms with Gasteiger partial charge in [-0.2, -0.15) is 0 Å². The molecule has 3 aromatic rings. The lowest BCUT2D eigenvalue weighted by molar-refractivity contribution is -0.119. The zero-order valence-corrected chi connectivity index (χ0v) is 13.9. The van der Waals surface area contributed by atoms with Gasteiger partial charge in [-0.05, 0) is 24.6 Å². The van der Waals surface area contributed by atoms with Gasteiger partial charge in [-0.25, -0.2) is 0 Å². The van der Waals surface area contributed by atoms with E-state index in [1.54, 1.807) is 18.3 Å². The summed E-state index contributed by atoms with van der Waals surface area (Å²) in [5.74, 6) is -0.927. The molecule has 3 rings (SSSR count). The first kappa shape index (κ1) is 16.6. The summed E-state index contributed by atoms with van der Waals surface area (Å²) in [4.78, 5) is 28.8. The number of nitrogens with zero attached hydrogens (tertiary/aromatic N) is 1. The quantitative estimate of drug-likeness (QED) is 0.752. The van der Waals surface area contributed by atoms with Crippen LogP contribution in [0.1, 0.15) is 21.5 Å². The van der Waals surface area contributed by atoms with Gasteiger partial charge in [0.25, 0.3) is 5.91 Å². The molecule has 0 saturated heterocycles. The Morgan fingerprint density at radius 1 is 1.12 bits per heavy atom. The van der Waals surface area contributed by atoms with Crippen molar-refractivity contribution in [1.82, 2.24) is 10.3 Å². The lowest BCUT2D eigenvalue weighted by Gasteiger charge is -2.16. The summed E-state index contributed by atoms with van der Waals surface area (Å²) in [5, 5.41) is 3.60. The maximum Gasteiger partial charge on any atom is 0.254 e. The van der Waals surface area contributed by atoms with E-state index in [1.807, 2.05) is 49.4 Å². The summed E-state index contributed by atoms with van der Waals surface area (Å²) in [6.45, 7) is 1.98. The first-order valence-electron chi connectivity index (χ1n) is 8.04. The van der Waals surface area contributed by atoms with Crippen LogP contribution in [0.25, 0.3) is 10.9 Å². The number of hydrogen-bond acceptors (Lipinski definition) is 3. The maximum absolute atomic E-state index is 12.7. The molecule has 0 aliphatic carbocycles. The van der Waals surface area contributed by atoms with Gasteiger partial charge in [-0.3, -0.25) is 14.6 Å². The van der Waals surface area contributed by atoms with Gasteiger partial charge in [0.2, 0.25) is 5.91 Å². The molecule has 1 atom stereocenters. The molecule has 3 N–H and O–H groups in total. The van der Waals surface area contributed by atoms with Gasteiger partial charge in [0.05, 0.1) is 11.1 Å². The smallest absolute Gasteiger partial charge is 0.254 e. The number of aromatic nitrogens is 1. The van der Waals surface area contributed by atoms with Gasteiger partial charge in [-0.15, -0.1) is 0 Å². The average molecular weight is 333 g/mol. The Hall–Kier alpha value is -3.21. The minimum Gasteiger partial charge on any atom is -0.368 e. The number of aryl methyl sites for hydroxylation is 1. The summed E-state index contributed by atoms with van der Waals surface area (Å²) >= 11 is 0. The van der Waals surface area contributed by atoms with Crippen LogP contribution in [-0.2, 0) is 11.2 Å². The zero-order valence-electron chi connectivity index (χ0n) is 13.9. The molecule has 126 valence electrons. The molecular formula is C20H19N3O2. The Morgan fingerprint density at radius 3 is 2.64 bits per heavy atom. The fourth-order valence-electron chi connectivity index (χ4n) is 2.82. The highest BCUT2D eigenvalue weighted by Crippen LogP contribution is 2.16. The van der Waals surface area contributed by atoms with Crippen molar-refractivity contribution in [1.29, 1.82) is 0 Å². The van der Waals surface area contributed by atoms with Gasteiger partial charge in [-0.1, -0.05) is 48.0 Å². The van der Waals surface area contributed by atoms with Crippen LogP contribution in [0.4, 0.5) is 0 Å². The molecule has 5 heteroatoms. The number of nitrogens with two attached hydrogens (primary N) is 1. The monoisotopic (exact) mass is 333 g/mol. The summed E-state index contributed by atoms with van der Waals surface area (Å²) in [5.41, 5.74) is 8.55. The van der Waals surface area contributed by atoms with Gasteiger partial charge < -0.3 is 11.1 Å². The van der Waals surface area contributed by atoms with E-state index in [0.717, 1.165) is 16.5 Å². The molecule has 25 heavy (non-hydrogen) atoms. The van der Waals surface area contributed by atoms with E-state index in [2.05, 4.69) is 10.3 Å². The predicted molar refractivity (Wildman–Crippen MR) is 97.1 cm³/mol. The summed E-state index contributed by atoms with van der Waals surface area (Å²) in [7, 11) is 0. The van der Waals surface area contributed by atoms with E-state index < -0.39 is 11.9 Å². The van der Waals surface area contributed by atoms with E-state index in [-0.39, 0.29) is 5.91 Å². The number of amides is 2. The molecule has 0 spiro atoms. The first-order chi connectivity index (χ1) is 12.0. The summed E-state index contributed by atoms with van der Waals surface area (Å²) < 4.78 is 0. The lowest BCUT2D eigenvalue weighted by atomic mass is 10.0. The van der Waals surface area contributed by atoms with Crippen molar-refractivity contribution in [2.75, 3.05) is 0 Å². The number of benzene rings is 2. The fourth-order valence-corrected chi connectivity index (χ4v) is 2.82. The highest BCUT2D eigenvalue weighted by atomic mass is 16.2. The van der Waals surface area contributed by atoms with Crippen LogP contribution in [0.15, 0.2) is 60.8 Å². The second-order valence-corrected chi connectivity index (χ2v) is 6.00. The summed E-state index contributed by atoms with van der Waals surface area (Å²) in [6.07, 6.45) is 1.98. The van der Waals surface area contributed by atoms with Gasteiger partial charge in [0.15, 0.2) is 0 Å². The van der Waals surface area contributed by atoms with Gasteiger partial charge >= 0.3 is 0 Å². The van der Waals surface area contributed by atoms with E-state index >= 15 is 0 Å². The first-order valence-corrected chi connectivity index (χ1v) is 8.04. The average Bonchev–Trinajstić information content (AvgIpc) is 2.60. The van der Waals surface area contributed by atoms with Crippen molar-refractivity contribution in [3.63, 3.8) is 0 Å². The van der Waals surface area contributed by atoms with Crippen LogP contribution >= 0.6 is 0 Å². The SMILES string of the molecule is Cc1cccc(C[C@@H](NC(=O)c2cccc3cccnc23)C(N)=O)c1. The topological polar surface area (TPSA) is 85.1 Å². The normalized spacial score (nSPS) is 11.9. The van der Waals surface area contributed by atoms with Crippen molar-refractivity contribution in [2.24, 2.45) is 5.73 Å². The fraction of sp³-hybridized carbons (Fsp3) is 0.150. The van der Waals surface area contributed by atoms with Crippen molar-refractivity contribution in [3.05, 3.63) is 77.5 Å². The van der Waals surface area contributed by atoms with E-state index in [4.69, 9.17) is 5.73 Å². The van der Waals surface area contributed by atoms with Crippen LogP contribution in [0.2, 0.25) is 0 Å². The number of primary amides is 1. The predicted octanol–water partition coefficient (Wildman–Crippen LogP) is 2.37. The second kappa shape index (κ2) is 7.13. The van der Waals surface area contributed by atoms with E-state index in [1.165, 1.54) is 0 Å². The van der Waals surface area contributed by atoms with E-state index in [0.29, 0.717) is 17.5 Å². The molecule has 0 bridgehead atoms. The van der Waals surface area contributed by atoms with Crippen molar-refractivity contribution in [2.45, 2.75) is 19.4 Å². The molecule has 1 aromatic heterocycles. The molecule has 1 heterocycles. The Balaban J connectivity index is 1.84. The summed E-state index contributed by atoms with van der Waals surface area (Å²) in [6, 6.07) is 16.1. The number of nitrogens with one attached hydrogen (secondary N) is 1. The highest BCUT2D eigenvalue weighted by Gasteiger charge is 2.21. The van der Waals surface area contributed by atoms with Crippen molar-refractivity contribution in [3.8, 4) is 0 Å². The number of para-hydroxylation sites is 1. The largest absolute Gasteiger partial charge is 0.368 e. The third-order valence-electron chi connectivity index (χ3n) is 4.05. The number of carbonyl (C=O) groups is 2. The van der Waals surface area contributed by atoms with E-state index in [9.17, 15) is 9.59 Å². The number of rotatable bonds is 5. The molecule has 0 saturated carbocycles. The Bertz CT molecular complexity index is 932. The number of hydrogen-bond donors (Lipinski definition) is 2. The van der Waals surface area contributed by atoms with Gasteiger partial charge in [0, 0.05) is 18.0 Å². The zero-order chi connectivity index (χ0) is 17.8.